The Morgan fingerprint density at radius 2 is 1.86 bits per heavy atom. The second kappa shape index (κ2) is 6.76. The summed E-state index contributed by atoms with van der Waals surface area (Å²) >= 11 is 0. The summed E-state index contributed by atoms with van der Waals surface area (Å²) in [5.41, 5.74) is 3.02. The fourth-order valence-corrected chi connectivity index (χ4v) is 5.13. The van der Waals surface area contributed by atoms with Crippen molar-refractivity contribution in [1.82, 2.24) is 15.0 Å². The Kier molecular flexibility index (Phi) is 4.34. The first-order chi connectivity index (χ1) is 13.6. The molecular weight excluding hydrogens is 354 g/mol. The lowest BCUT2D eigenvalue weighted by Crippen LogP contribution is -2.45. The Morgan fingerprint density at radius 1 is 1.14 bits per heavy atom. The van der Waals surface area contributed by atoms with Crippen LogP contribution in [-0.2, 0) is 12.0 Å². The maximum atomic E-state index is 5.90. The average Bonchev–Trinajstić information content (AvgIpc) is 3.35. The lowest BCUT2D eigenvalue weighted by molar-refractivity contribution is 0.111. The normalized spacial score (nSPS) is 23.4. The summed E-state index contributed by atoms with van der Waals surface area (Å²) in [4.78, 5) is 7.12. The molecule has 0 amide bonds. The molecule has 1 atom stereocenters. The average molecular weight is 383 g/mol. The molecule has 28 heavy (non-hydrogen) atoms. The summed E-state index contributed by atoms with van der Waals surface area (Å²) in [6.45, 7) is 9.43. The minimum atomic E-state index is 0.193. The number of fused-ring (bicyclic) bond motifs is 3. The quantitative estimate of drug-likeness (QED) is 0.785. The SMILES string of the molecule is CC(C)c1noc(CN2CC3(CCCC3)c3cc4c(cc3C2C)OCCO4)n1. The zero-order chi connectivity index (χ0) is 19.3. The first kappa shape index (κ1) is 18.0. The highest BCUT2D eigenvalue weighted by molar-refractivity contribution is 5.53. The van der Waals surface area contributed by atoms with Gasteiger partial charge >= 0.3 is 0 Å². The van der Waals surface area contributed by atoms with Crippen molar-refractivity contribution in [2.75, 3.05) is 19.8 Å². The molecule has 1 aromatic heterocycles. The molecule has 3 heterocycles. The van der Waals surface area contributed by atoms with Gasteiger partial charge in [-0.05, 0) is 43.0 Å². The molecule has 1 saturated carbocycles. The number of hydrogen-bond donors (Lipinski definition) is 0. The van der Waals surface area contributed by atoms with Gasteiger partial charge in [0.25, 0.3) is 0 Å². The number of aromatic nitrogens is 2. The van der Waals surface area contributed by atoms with Crippen LogP contribution in [-0.4, -0.2) is 34.8 Å². The van der Waals surface area contributed by atoms with Gasteiger partial charge in [0.05, 0.1) is 6.54 Å². The van der Waals surface area contributed by atoms with Crippen molar-refractivity contribution in [2.45, 2.75) is 70.4 Å². The van der Waals surface area contributed by atoms with Crippen molar-refractivity contribution >= 4 is 0 Å². The van der Waals surface area contributed by atoms with E-state index in [1.54, 1.807) is 0 Å². The van der Waals surface area contributed by atoms with Gasteiger partial charge in [-0.3, -0.25) is 4.90 Å². The summed E-state index contributed by atoms with van der Waals surface area (Å²) < 4.78 is 17.4. The Morgan fingerprint density at radius 3 is 2.54 bits per heavy atom. The summed E-state index contributed by atoms with van der Waals surface area (Å²) in [5.74, 6) is 3.57. The minimum absolute atomic E-state index is 0.193. The van der Waals surface area contributed by atoms with E-state index in [1.165, 1.54) is 36.8 Å². The van der Waals surface area contributed by atoms with E-state index in [0.29, 0.717) is 25.6 Å². The molecule has 0 saturated heterocycles. The Labute approximate surface area is 166 Å². The largest absolute Gasteiger partial charge is 0.486 e. The topological polar surface area (TPSA) is 60.6 Å². The van der Waals surface area contributed by atoms with Crippen LogP contribution in [0.1, 0.15) is 81.3 Å². The van der Waals surface area contributed by atoms with Gasteiger partial charge in [0.2, 0.25) is 5.89 Å². The Bertz CT molecular complexity index is 870. The van der Waals surface area contributed by atoms with Gasteiger partial charge in [0, 0.05) is 23.9 Å². The predicted octanol–water partition coefficient (Wildman–Crippen LogP) is 4.35. The number of benzene rings is 1. The zero-order valence-electron chi connectivity index (χ0n) is 17.0. The van der Waals surface area contributed by atoms with E-state index in [2.05, 4.69) is 47.9 Å². The molecule has 1 unspecified atom stereocenters. The van der Waals surface area contributed by atoms with E-state index in [4.69, 9.17) is 14.0 Å². The molecule has 150 valence electrons. The van der Waals surface area contributed by atoms with Gasteiger partial charge in [-0.15, -0.1) is 0 Å². The first-order valence-corrected chi connectivity index (χ1v) is 10.6. The molecule has 3 aliphatic rings. The van der Waals surface area contributed by atoms with Crippen LogP contribution in [0.2, 0.25) is 0 Å². The smallest absolute Gasteiger partial charge is 0.240 e. The number of rotatable bonds is 3. The number of nitrogens with zero attached hydrogens (tertiary/aromatic N) is 3. The van der Waals surface area contributed by atoms with Crippen LogP contribution < -0.4 is 9.47 Å². The summed E-state index contributed by atoms with van der Waals surface area (Å²) in [5, 5.41) is 4.15. The van der Waals surface area contributed by atoms with Crippen LogP contribution in [0.3, 0.4) is 0 Å². The first-order valence-electron chi connectivity index (χ1n) is 10.6. The minimum Gasteiger partial charge on any atom is -0.486 e. The fourth-order valence-electron chi connectivity index (χ4n) is 5.13. The highest BCUT2D eigenvalue weighted by Crippen LogP contribution is 2.52. The summed E-state index contributed by atoms with van der Waals surface area (Å²) in [6.07, 6.45) is 5.02. The Balaban J connectivity index is 1.51. The molecule has 2 aromatic rings. The molecular formula is C22H29N3O3. The monoisotopic (exact) mass is 383 g/mol. The maximum Gasteiger partial charge on any atom is 0.240 e. The van der Waals surface area contributed by atoms with E-state index < -0.39 is 0 Å². The van der Waals surface area contributed by atoms with Crippen molar-refractivity contribution in [1.29, 1.82) is 0 Å². The summed E-state index contributed by atoms with van der Waals surface area (Å²) in [7, 11) is 0. The highest BCUT2D eigenvalue weighted by atomic mass is 16.6. The Hall–Kier alpha value is -2.08. The zero-order valence-corrected chi connectivity index (χ0v) is 17.0. The third-order valence-electron chi connectivity index (χ3n) is 6.69. The number of hydrogen-bond acceptors (Lipinski definition) is 6. The van der Waals surface area contributed by atoms with Gasteiger partial charge in [-0.2, -0.15) is 4.98 Å². The van der Waals surface area contributed by atoms with E-state index >= 15 is 0 Å². The van der Waals surface area contributed by atoms with E-state index in [0.717, 1.165) is 23.9 Å². The third kappa shape index (κ3) is 2.89. The van der Waals surface area contributed by atoms with Crippen LogP contribution in [0.25, 0.3) is 0 Å². The lowest BCUT2D eigenvalue weighted by Gasteiger charge is -2.46. The molecule has 1 fully saturated rings. The predicted molar refractivity (Wildman–Crippen MR) is 105 cm³/mol. The molecule has 0 bridgehead atoms. The summed E-state index contributed by atoms with van der Waals surface area (Å²) in [6, 6.07) is 4.76. The van der Waals surface area contributed by atoms with Crippen molar-refractivity contribution in [3.05, 3.63) is 35.0 Å². The van der Waals surface area contributed by atoms with Gasteiger partial charge in [0.1, 0.15) is 13.2 Å². The second-order valence-electron chi connectivity index (χ2n) is 8.85. The molecule has 6 nitrogen and oxygen atoms in total. The van der Waals surface area contributed by atoms with Gasteiger partial charge in [0.15, 0.2) is 17.3 Å². The number of ether oxygens (including phenoxy) is 2. The van der Waals surface area contributed by atoms with E-state index in [-0.39, 0.29) is 17.4 Å². The van der Waals surface area contributed by atoms with Gasteiger partial charge in [-0.25, -0.2) is 0 Å². The fraction of sp³-hybridized carbons (Fsp3) is 0.636. The molecule has 1 aliphatic carbocycles. The van der Waals surface area contributed by atoms with Gasteiger partial charge < -0.3 is 14.0 Å². The van der Waals surface area contributed by atoms with Crippen LogP contribution in [0, 0.1) is 0 Å². The third-order valence-corrected chi connectivity index (χ3v) is 6.69. The van der Waals surface area contributed by atoms with E-state index in [9.17, 15) is 0 Å². The van der Waals surface area contributed by atoms with Crippen LogP contribution >= 0.6 is 0 Å². The van der Waals surface area contributed by atoms with Crippen molar-refractivity contribution in [2.24, 2.45) is 0 Å². The highest BCUT2D eigenvalue weighted by Gasteiger charge is 2.45. The molecule has 0 radical (unpaired) electrons. The second-order valence-corrected chi connectivity index (χ2v) is 8.85. The lowest BCUT2D eigenvalue weighted by atomic mass is 9.71. The molecule has 1 aromatic carbocycles. The van der Waals surface area contributed by atoms with Crippen LogP contribution in [0.15, 0.2) is 16.7 Å². The molecule has 0 N–H and O–H groups in total. The molecule has 6 heteroatoms. The van der Waals surface area contributed by atoms with Crippen LogP contribution in [0.5, 0.6) is 11.5 Å². The van der Waals surface area contributed by atoms with Gasteiger partial charge in [-0.1, -0.05) is 31.8 Å². The van der Waals surface area contributed by atoms with Crippen molar-refractivity contribution in [3.63, 3.8) is 0 Å². The maximum absolute atomic E-state index is 5.90. The van der Waals surface area contributed by atoms with E-state index in [1.807, 2.05) is 0 Å². The van der Waals surface area contributed by atoms with Crippen molar-refractivity contribution < 1.29 is 14.0 Å². The molecule has 2 aliphatic heterocycles. The standard InChI is InChI=1S/C22H29N3O3/c1-14(2)21-23-20(28-24-21)12-25-13-22(6-4-5-7-22)17-11-19-18(26-8-9-27-19)10-16(17)15(25)3/h10-11,14-15H,4-9,12-13H2,1-3H3. The molecule has 1 spiro atoms. The van der Waals surface area contributed by atoms with Crippen LogP contribution in [0.4, 0.5) is 0 Å². The molecule has 5 rings (SSSR count). The van der Waals surface area contributed by atoms with Crippen molar-refractivity contribution in [3.8, 4) is 11.5 Å².